The molecular weight excluding hydrogens is 432 g/mol. The first kappa shape index (κ1) is 23.8. The minimum absolute atomic E-state index is 0.159. The lowest BCUT2D eigenvalue weighted by Gasteiger charge is -2.34. The first-order valence-electron chi connectivity index (χ1n) is 12.3. The number of para-hydroxylation sites is 2. The molecule has 0 spiro atoms. The maximum Gasteiger partial charge on any atom is 0.225 e. The molecule has 0 N–H and O–H groups in total. The molecule has 1 aliphatic heterocycles. The van der Waals surface area contributed by atoms with Gasteiger partial charge < -0.3 is 9.47 Å². The van der Waals surface area contributed by atoms with Crippen molar-refractivity contribution in [3.05, 3.63) is 64.9 Å². The number of piperidine rings is 1. The van der Waals surface area contributed by atoms with E-state index in [-0.39, 0.29) is 5.92 Å². The molecule has 0 saturated carbocycles. The molecule has 1 amide bonds. The molecule has 176 valence electrons. The molecule has 33 heavy (non-hydrogen) atoms. The molecule has 1 fully saturated rings. The standard InChI is InChI=1S/C27H35ClN4O/c1-3-15-31(16-4-2)27(33)22-13-17-30(18-14-22)20-26-29-24-7-5-6-8-25(24)32(26)19-21-9-11-23(28)12-10-21/h5-12,22H,3-4,13-20H2,1-2H3. The Morgan fingerprint density at radius 3 is 2.33 bits per heavy atom. The van der Waals surface area contributed by atoms with Crippen LogP contribution in [-0.4, -0.2) is 51.4 Å². The lowest BCUT2D eigenvalue weighted by atomic mass is 9.95. The summed E-state index contributed by atoms with van der Waals surface area (Å²) in [5.41, 5.74) is 3.39. The van der Waals surface area contributed by atoms with Crippen molar-refractivity contribution in [2.45, 2.75) is 52.6 Å². The third-order valence-corrected chi connectivity index (χ3v) is 6.84. The number of amides is 1. The van der Waals surface area contributed by atoms with Crippen molar-refractivity contribution in [3.8, 4) is 0 Å². The van der Waals surface area contributed by atoms with E-state index in [0.29, 0.717) is 5.91 Å². The predicted octanol–water partition coefficient (Wildman–Crippen LogP) is 5.60. The third kappa shape index (κ3) is 5.77. The number of imidazole rings is 1. The van der Waals surface area contributed by atoms with Crippen molar-refractivity contribution in [1.82, 2.24) is 19.4 Å². The summed E-state index contributed by atoms with van der Waals surface area (Å²) in [6, 6.07) is 16.4. The number of carbonyl (C=O) groups is 1. The highest BCUT2D eigenvalue weighted by molar-refractivity contribution is 6.30. The summed E-state index contributed by atoms with van der Waals surface area (Å²) < 4.78 is 2.32. The van der Waals surface area contributed by atoms with Gasteiger partial charge in [0, 0.05) is 30.6 Å². The summed E-state index contributed by atoms with van der Waals surface area (Å²) in [5, 5.41) is 0.753. The number of halogens is 1. The molecule has 2 aromatic carbocycles. The average molecular weight is 467 g/mol. The molecule has 0 unspecified atom stereocenters. The molecule has 2 heterocycles. The largest absolute Gasteiger partial charge is 0.342 e. The van der Waals surface area contributed by atoms with Crippen molar-refractivity contribution in [2.24, 2.45) is 5.92 Å². The first-order valence-corrected chi connectivity index (χ1v) is 12.7. The Morgan fingerprint density at radius 1 is 1.00 bits per heavy atom. The van der Waals surface area contributed by atoms with Gasteiger partial charge in [-0.25, -0.2) is 4.98 Å². The van der Waals surface area contributed by atoms with Crippen LogP contribution >= 0.6 is 11.6 Å². The normalized spacial score (nSPS) is 15.2. The van der Waals surface area contributed by atoms with Gasteiger partial charge in [0.05, 0.1) is 17.6 Å². The highest BCUT2D eigenvalue weighted by atomic mass is 35.5. The Balaban J connectivity index is 1.45. The first-order chi connectivity index (χ1) is 16.1. The molecule has 0 aliphatic carbocycles. The number of hydrogen-bond acceptors (Lipinski definition) is 3. The summed E-state index contributed by atoms with van der Waals surface area (Å²) >= 11 is 6.08. The lowest BCUT2D eigenvalue weighted by molar-refractivity contribution is -0.137. The van der Waals surface area contributed by atoms with Gasteiger partial charge in [-0.1, -0.05) is 49.7 Å². The monoisotopic (exact) mass is 466 g/mol. The summed E-state index contributed by atoms with van der Waals surface area (Å²) in [5.74, 6) is 1.59. The number of aromatic nitrogens is 2. The second-order valence-electron chi connectivity index (χ2n) is 9.11. The van der Waals surface area contributed by atoms with Crippen LogP contribution in [0.15, 0.2) is 48.5 Å². The van der Waals surface area contributed by atoms with Crippen molar-refractivity contribution < 1.29 is 4.79 Å². The van der Waals surface area contributed by atoms with Gasteiger partial charge in [-0.3, -0.25) is 9.69 Å². The molecule has 1 aromatic heterocycles. The Morgan fingerprint density at radius 2 is 1.67 bits per heavy atom. The topological polar surface area (TPSA) is 41.4 Å². The second-order valence-corrected chi connectivity index (χ2v) is 9.54. The number of nitrogens with zero attached hydrogens (tertiary/aromatic N) is 4. The van der Waals surface area contributed by atoms with E-state index in [4.69, 9.17) is 16.6 Å². The van der Waals surface area contributed by atoms with Crippen molar-refractivity contribution in [3.63, 3.8) is 0 Å². The van der Waals surface area contributed by atoms with Crippen LogP contribution in [0.2, 0.25) is 5.02 Å². The highest BCUT2D eigenvalue weighted by Gasteiger charge is 2.28. The van der Waals surface area contributed by atoms with E-state index in [2.05, 4.69) is 58.5 Å². The Hall–Kier alpha value is -2.37. The Labute approximate surface area is 202 Å². The zero-order valence-electron chi connectivity index (χ0n) is 19.8. The van der Waals surface area contributed by atoms with Crippen molar-refractivity contribution in [1.29, 1.82) is 0 Å². The minimum atomic E-state index is 0.159. The van der Waals surface area contributed by atoms with E-state index in [1.807, 2.05) is 18.2 Å². The number of carbonyl (C=O) groups excluding carboxylic acids is 1. The minimum Gasteiger partial charge on any atom is -0.342 e. The summed E-state index contributed by atoms with van der Waals surface area (Å²) in [4.78, 5) is 22.5. The molecule has 1 saturated heterocycles. The predicted molar refractivity (Wildman–Crippen MR) is 135 cm³/mol. The van der Waals surface area contributed by atoms with Crippen LogP contribution in [0.3, 0.4) is 0 Å². The molecular formula is C27H35ClN4O. The maximum absolute atomic E-state index is 13.0. The highest BCUT2D eigenvalue weighted by Crippen LogP contribution is 2.24. The van der Waals surface area contributed by atoms with Crippen LogP contribution in [0.25, 0.3) is 11.0 Å². The van der Waals surface area contributed by atoms with E-state index < -0.39 is 0 Å². The Bertz CT molecular complexity index is 1050. The number of hydrogen-bond donors (Lipinski definition) is 0. The number of rotatable bonds is 9. The molecule has 0 atom stereocenters. The van der Waals surface area contributed by atoms with Gasteiger partial charge in [0.1, 0.15) is 5.82 Å². The van der Waals surface area contributed by atoms with Crippen LogP contribution in [0, 0.1) is 5.92 Å². The van der Waals surface area contributed by atoms with Gasteiger partial charge in [-0.15, -0.1) is 0 Å². The SMILES string of the molecule is CCCN(CCC)C(=O)C1CCN(Cc2nc3ccccc3n2Cc2ccc(Cl)cc2)CC1. The number of fused-ring (bicyclic) bond motifs is 1. The van der Waals surface area contributed by atoms with Crippen LogP contribution in [0.4, 0.5) is 0 Å². The van der Waals surface area contributed by atoms with E-state index in [1.54, 1.807) is 0 Å². The lowest BCUT2D eigenvalue weighted by Crippen LogP contribution is -2.43. The third-order valence-electron chi connectivity index (χ3n) is 6.59. The zero-order valence-corrected chi connectivity index (χ0v) is 20.6. The van der Waals surface area contributed by atoms with Crippen LogP contribution in [0.5, 0.6) is 0 Å². The van der Waals surface area contributed by atoms with E-state index in [0.717, 1.165) is 86.8 Å². The molecule has 1 aliphatic rings. The molecule has 4 rings (SSSR count). The second kappa shape index (κ2) is 11.2. The fourth-order valence-electron chi connectivity index (χ4n) is 4.86. The van der Waals surface area contributed by atoms with Gasteiger partial charge in [0.2, 0.25) is 5.91 Å². The van der Waals surface area contributed by atoms with Gasteiger partial charge in [0.15, 0.2) is 0 Å². The molecule has 3 aromatic rings. The average Bonchev–Trinajstić information content (AvgIpc) is 3.17. The van der Waals surface area contributed by atoms with E-state index >= 15 is 0 Å². The van der Waals surface area contributed by atoms with E-state index in [1.165, 1.54) is 5.56 Å². The summed E-state index contributed by atoms with van der Waals surface area (Å²) in [7, 11) is 0. The van der Waals surface area contributed by atoms with Gasteiger partial charge in [-0.05, 0) is 68.6 Å². The van der Waals surface area contributed by atoms with Crippen molar-refractivity contribution in [2.75, 3.05) is 26.2 Å². The van der Waals surface area contributed by atoms with Gasteiger partial charge in [0.25, 0.3) is 0 Å². The Kier molecular flexibility index (Phi) is 8.05. The summed E-state index contributed by atoms with van der Waals surface area (Å²) in [6.45, 7) is 9.49. The van der Waals surface area contributed by atoms with Gasteiger partial charge in [-0.2, -0.15) is 0 Å². The van der Waals surface area contributed by atoms with Crippen LogP contribution in [0.1, 0.15) is 50.9 Å². The zero-order chi connectivity index (χ0) is 23.2. The maximum atomic E-state index is 13.0. The quantitative estimate of drug-likeness (QED) is 0.412. The van der Waals surface area contributed by atoms with E-state index in [9.17, 15) is 4.79 Å². The van der Waals surface area contributed by atoms with Crippen LogP contribution in [-0.2, 0) is 17.9 Å². The molecule has 5 nitrogen and oxygen atoms in total. The molecule has 0 bridgehead atoms. The fourth-order valence-corrected chi connectivity index (χ4v) is 4.99. The number of benzene rings is 2. The molecule has 0 radical (unpaired) electrons. The number of likely N-dealkylation sites (tertiary alicyclic amines) is 1. The smallest absolute Gasteiger partial charge is 0.225 e. The van der Waals surface area contributed by atoms with Crippen LogP contribution < -0.4 is 0 Å². The fraction of sp³-hybridized carbons (Fsp3) is 0.481. The van der Waals surface area contributed by atoms with Crippen molar-refractivity contribution >= 4 is 28.5 Å². The summed E-state index contributed by atoms with van der Waals surface area (Å²) in [6.07, 6.45) is 3.91. The van der Waals surface area contributed by atoms with Gasteiger partial charge >= 0.3 is 0 Å². The molecule has 6 heteroatoms.